The molecule has 3 nitrogen and oxygen atoms in total. The molecule has 124 valence electrons. The summed E-state index contributed by atoms with van der Waals surface area (Å²) in [5.41, 5.74) is 1.63. The normalized spacial score (nSPS) is 14.8. The molecule has 1 aromatic carbocycles. The van der Waals surface area contributed by atoms with Gasteiger partial charge < -0.3 is 9.47 Å². The Morgan fingerprint density at radius 2 is 1.78 bits per heavy atom. The highest BCUT2D eigenvalue weighted by Crippen LogP contribution is 2.29. The molecule has 4 heteroatoms. The Bertz CT molecular complexity index is 625. The largest absolute Gasteiger partial charge is 0.457 e. The van der Waals surface area contributed by atoms with Crippen molar-refractivity contribution in [2.45, 2.75) is 39.5 Å². The summed E-state index contributed by atoms with van der Waals surface area (Å²) >= 11 is 0. The molecule has 1 fully saturated rings. The van der Waals surface area contributed by atoms with Gasteiger partial charge in [-0.15, -0.1) is 0 Å². The van der Waals surface area contributed by atoms with Gasteiger partial charge in [-0.05, 0) is 37.5 Å². The van der Waals surface area contributed by atoms with Crippen molar-refractivity contribution in [1.82, 2.24) is 4.98 Å². The van der Waals surface area contributed by atoms with Crippen molar-refractivity contribution in [3.8, 4) is 11.5 Å². The molecule has 1 saturated heterocycles. The predicted molar refractivity (Wildman–Crippen MR) is 89.6 cm³/mol. The Labute approximate surface area is 137 Å². The third kappa shape index (κ3) is 4.76. The van der Waals surface area contributed by atoms with Gasteiger partial charge in [-0.3, -0.25) is 4.98 Å². The van der Waals surface area contributed by atoms with Crippen LogP contribution in [0, 0.1) is 12.7 Å². The van der Waals surface area contributed by atoms with Crippen LogP contribution in [0.5, 0.6) is 11.5 Å². The van der Waals surface area contributed by atoms with E-state index < -0.39 is 0 Å². The van der Waals surface area contributed by atoms with Crippen LogP contribution in [0.3, 0.4) is 0 Å². The first-order valence-corrected chi connectivity index (χ1v) is 8.20. The number of halogens is 1. The van der Waals surface area contributed by atoms with E-state index in [1.165, 1.54) is 6.07 Å². The van der Waals surface area contributed by atoms with E-state index in [0.29, 0.717) is 23.0 Å². The molecule has 1 aliphatic heterocycles. The fraction of sp³-hybridized carbons (Fsp3) is 0.421. The van der Waals surface area contributed by atoms with E-state index in [9.17, 15) is 4.39 Å². The second kappa shape index (κ2) is 8.63. The van der Waals surface area contributed by atoms with E-state index >= 15 is 0 Å². The second-order valence-corrected chi connectivity index (χ2v) is 5.32. The van der Waals surface area contributed by atoms with Gasteiger partial charge in [0.25, 0.3) is 0 Å². The van der Waals surface area contributed by atoms with Crippen molar-refractivity contribution >= 4 is 0 Å². The summed E-state index contributed by atoms with van der Waals surface area (Å²) in [5.74, 6) is 1.35. The van der Waals surface area contributed by atoms with Crippen molar-refractivity contribution in [3.05, 3.63) is 53.6 Å². The number of aromatic nitrogens is 1. The lowest BCUT2D eigenvalue weighted by Gasteiger charge is -2.21. The van der Waals surface area contributed by atoms with E-state index in [-0.39, 0.29) is 5.82 Å². The Balaban J connectivity index is 0.000000924. The summed E-state index contributed by atoms with van der Waals surface area (Å²) in [4.78, 5) is 4.43. The van der Waals surface area contributed by atoms with Gasteiger partial charge in [-0.1, -0.05) is 19.9 Å². The van der Waals surface area contributed by atoms with E-state index in [0.717, 1.165) is 31.7 Å². The zero-order valence-electron chi connectivity index (χ0n) is 14.0. The minimum atomic E-state index is -0.258. The highest BCUT2D eigenvalue weighted by Gasteiger charge is 2.17. The molecule has 0 saturated carbocycles. The molecule has 0 spiro atoms. The summed E-state index contributed by atoms with van der Waals surface area (Å²) < 4.78 is 24.7. The lowest BCUT2D eigenvalue weighted by atomic mass is 9.96. The third-order valence-electron chi connectivity index (χ3n) is 3.77. The number of benzene rings is 1. The summed E-state index contributed by atoms with van der Waals surface area (Å²) in [7, 11) is 0. The van der Waals surface area contributed by atoms with Crippen LogP contribution in [0.25, 0.3) is 0 Å². The molecule has 1 aromatic heterocycles. The molecule has 0 atom stereocenters. The fourth-order valence-corrected chi connectivity index (χ4v) is 2.48. The number of hydrogen-bond donors (Lipinski definition) is 0. The van der Waals surface area contributed by atoms with Crippen LogP contribution < -0.4 is 4.74 Å². The number of nitrogens with zero attached hydrogens (tertiary/aromatic N) is 1. The van der Waals surface area contributed by atoms with Gasteiger partial charge in [0.15, 0.2) is 0 Å². The molecule has 0 N–H and O–H groups in total. The second-order valence-electron chi connectivity index (χ2n) is 5.32. The maximum Gasteiger partial charge on any atom is 0.130 e. The Morgan fingerprint density at radius 1 is 1.09 bits per heavy atom. The predicted octanol–water partition coefficient (Wildman–Crippen LogP) is 5.24. The lowest BCUT2D eigenvalue weighted by molar-refractivity contribution is 0.0844. The van der Waals surface area contributed by atoms with Gasteiger partial charge in [0.1, 0.15) is 17.3 Å². The molecule has 23 heavy (non-hydrogen) atoms. The Morgan fingerprint density at radius 3 is 2.48 bits per heavy atom. The number of rotatable bonds is 3. The monoisotopic (exact) mass is 317 g/mol. The highest BCUT2D eigenvalue weighted by atomic mass is 19.1. The smallest absolute Gasteiger partial charge is 0.130 e. The van der Waals surface area contributed by atoms with E-state index in [2.05, 4.69) is 4.98 Å². The molecule has 0 aliphatic carbocycles. The summed E-state index contributed by atoms with van der Waals surface area (Å²) in [5, 5.41) is 0. The van der Waals surface area contributed by atoms with Gasteiger partial charge in [-0.25, -0.2) is 4.39 Å². The molecule has 0 bridgehead atoms. The average molecular weight is 317 g/mol. The van der Waals surface area contributed by atoms with Crippen LogP contribution >= 0.6 is 0 Å². The molecular formula is C19H24FNO2. The van der Waals surface area contributed by atoms with E-state index in [4.69, 9.17) is 9.47 Å². The molecule has 1 aliphatic rings. The van der Waals surface area contributed by atoms with Crippen molar-refractivity contribution in [1.29, 1.82) is 0 Å². The molecule has 0 unspecified atom stereocenters. The molecule has 3 rings (SSSR count). The minimum absolute atomic E-state index is 0.258. The maximum atomic E-state index is 13.5. The standard InChI is InChI=1S/C17H18FNO2.C2H6/c1-12-2-3-14(10-16(12)18)21-15-4-7-19-17(11-15)13-5-8-20-9-6-13;1-2/h2-4,7,10-11,13H,5-6,8-9H2,1H3;1-2H3. The fourth-order valence-electron chi connectivity index (χ4n) is 2.48. The third-order valence-corrected chi connectivity index (χ3v) is 3.77. The van der Waals surface area contributed by atoms with Crippen molar-refractivity contribution in [2.75, 3.05) is 13.2 Å². The first-order chi connectivity index (χ1) is 11.2. The SMILES string of the molecule is CC.Cc1ccc(Oc2ccnc(C3CCOCC3)c2)cc1F. The first-order valence-electron chi connectivity index (χ1n) is 8.20. The number of hydrogen-bond acceptors (Lipinski definition) is 3. The van der Waals surface area contributed by atoms with Crippen LogP contribution in [0.15, 0.2) is 36.5 Å². The van der Waals surface area contributed by atoms with Gasteiger partial charge in [0, 0.05) is 43.2 Å². The Kier molecular flexibility index (Phi) is 6.53. The lowest BCUT2D eigenvalue weighted by Crippen LogP contribution is -2.15. The van der Waals surface area contributed by atoms with Crippen LogP contribution in [-0.2, 0) is 4.74 Å². The summed E-state index contributed by atoms with van der Waals surface area (Å²) in [6, 6.07) is 8.62. The first kappa shape index (κ1) is 17.4. The minimum Gasteiger partial charge on any atom is -0.457 e. The molecule has 2 aromatic rings. The zero-order chi connectivity index (χ0) is 16.7. The van der Waals surface area contributed by atoms with Crippen LogP contribution in [-0.4, -0.2) is 18.2 Å². The number of ether oxygens (including phenoxy) is 2. The number of aryl methyl sites for hydroxylation is 1. The molecule has 0 radical (unpaired) electrons. The van der Waals surface area contributed by atoms with Crippen LogP contribution in [0.2, 0.25) is 0 Å². The summed E-state index contributed by atoms with van der Waals surface area (Å²) in [6.07, 6.45) is 3.70. The molecule has 0 amide bonds. The van der Waals surface area contributed by atoms with Gasteiger partial charge >= 0.3 is 0 Å². The van der Waals surface area contributed by atoms with Crippen molar-refractivity contribution < 1.29 is 13.9 Å². The zero-order valence-corrected chi connectivity index (χ0v) is 14.0. The average Bonchev–Trinajstić information content (AvgIpc) is 2.61. The van der Waals surface area contributed by atoms with Gasteiger partial charge in [-0.2, -0.15) is 0 Å². The van der Waals surface area contributed by atoms with Crippen LogP contribution in [0.1, 0.15) is 43.9 Å². The quantitative estimate of drug-likeness (QED) is 0.775. The molecule has 2 heterocycles. The van der Waals surface area contributed by atoms with E-state index in [1.54, 1.807) is 31.3 Å². The number of pyridine rings is 1. The van der Waals surface area contributed by atoms with Crippen molar-refractivity contribution in [3.63, 3.8) is 0 Å². The summed E-state index contributed by atoms with van der Waals surface area (Å²) in [6.45, 7) is 7.29. The highest BCUT2D eigenvalue weighted by molar-refractivity contribution is 5.34. The van der Waals surface area contributed by atoms with Crippen molar-refractivity contribution in [2.24, 2.45) is 0 Å². The van der Waals surface area contributed by atoms with E-state index in [1.807, 2.05) is 19.9 Å². The van der Waals surface area contributed by atoms with Crippen LogP contribution in [0.4, 0.5) is 4.39 Å². The van der Waals surface area contributed by atoms with Gasteiger partial charge in [0.2, 0.25) is 0 Å². The van der Waals surface area contributed by atoms with Gasteiger partial charge in [0.05, 0.1) is 0 Å². The molecular weight excluding hydrogens is 293 g/mol. The topological polar surface area (TPSA) is 31.4 Å². The Hall–Kier alpha value is -1.94. The maximum absolute atomic E-state index is 13.5.